The van der Waals surface area contributed by atoms with Crippen molar-refractivity contribution in [1.82, 2.24) is 0 Å². The van der Waals surface area contributed by atoms with E-state index in [0.29, 0.717) is 0 Å². The highest BCUT2D eigenvalue weighted by Gasteiger charge is 2.39. The van der Waals surface area contributed by atoms with Gasteiger partial charge in [-0.1, -0.05) is 12.1 Å². The highest BCUT2D eigenvalue weighted by molar-refractivity contribution is 7.99. The van der Waals surface area contributed by atoms with Crippen molar-refractivity contribution in [2.45, 2.75) is 44.3 Å². The van der Waals surface area contributed by atoms with Crippen molar-refractivity contribution in [2.24, 2.45) is 0 Å². The van der Waals surface area contributed by atoms with Crippen molar-refractivity contribution in [3.8, 4) is 5.75 Å². The van der Waals surface area contributed by atoms with Gasteiger partial charge in [-0.2, -0.15) is 11.8 Å². The Morgan fingerprint density at radius 2 is 2.15 bits per heavy atom. The molecular formula is C16H23NO2S. The lowest BCUT2D eigenvalue weighted by Gasteiger charge is -2.43. The molecule has 2 fully saturated rings. The summed E-state index contributed by atoms with van der Waals surface area (Å²) in [4.78, 5) is 0. The van der Waals surface area contributed by atoms with Gasteiger partial charge < -0.3 is 15.2 Å². The van der Waals surface area contributed by atoms with Crippen LogP contribution in [0, 0.1) is 6.92 Å². The van der Waals surface area contributed by atoms with E-state index < -0.39 is 0 Å². The second-order valence-electron chi connectivity index (χ2n) is 5.87. The summed E-state index contributed by atoms with van der Waals surface area (Å²) < 4.78 is 12.3. The number of aryl methyl sites for hydroxylation is 1. The zero-order valence-corrected chi connectivity index (χ0v) is 12.9. The summed E-state index contributed by atoms with van der Waals surface area (Å²) >= 11 is 2.03. The van der Waals surface area contributed by atoms with Gasteiger partial charge in [0.2, 0.25) is 0 Å². The first-order valence-corrected chi connectivity index (χ1v) is 8.57. The van der Waals surface area contributed by atoms with Crippen molar-refractivity contribution < 1.29 is 9.47 Å². The third-order valence-electron chi connectivity index (χ3n) is 4.38. The zero-order chi connectivity index (χ0) is 14.0. The van der Waals surface area contributed by atoms with Gasteiger partial charge in [0.05, 0.1) is 17.9 Å². The second-order valence-corrected chi connectivity index (χ2v) is 7.09. The fraction of sp³-hybridized carbons (Fsp3) is 0.625. The predicted octanol–water partition coefficient (Wildman–Crippen LogP) is 3.40. The van der Waals surface area contributed by atoms with Crippen molar-refractivity contribution in [2.75, 3.05) is 23.8 Å². The smallest absolute Gasteiger partial charge is 0.145 e. The van der Waals surface area contributed by atoms with Crippen LogP contribution in [-0.2, 0) is 4.74 Å². The van der Waals surface area contributed by atoms with Crippen LogP contribution in [-0.4, -0.2) is 29.8 Å². The van der Waals surface area contributed by atoms with Crippen LogP contribution in [0.25, 0.3) is 0 Å². The quantitative estimate of drug-likeness (QED) is 0.849. The molecule has 1 atom stereocenters. The van der Waals surface area contributed by atoms with Crippen LogP contribution in [0.15, 0.2) is 18.2 Å². The van der Waals surface area contributed by atoms with Crippen molar-refractivity contribution in [1.29, 1.82) is 0 Å². The molecule has 2 N–H and O–H groups in total. The summed E-state index contributed by atoms with van der Waals surface area (Å²) in [6.07, 6.45) is 4.50. The number of thioether (sulfide) groups is 1. The third-order valence-corrected chi connectivity index (χ3v) is 5.36. The van der Waals surface area contributed by atoms with Crippen LogP contribution in [0.3, 0.4) is 0 Å². The van der Waals surface area contributed by atoms with Crippen molar-refractivity contribution in [3.05, 3.63) is 23.8 Å². The van der Waals surface area contributed by atoms with Crippen LogP contribution in [0.4, 0.5) is 5.69 Å². The Bertz CT molecular complexity index is 446. The van der Waals surface area contributed by atoms with Gasteiger partial charge in [0.25, 0.3) is 0 Å². The molecule has 2 aliphatic rings. The summed E-state index contributed by atoms with van der Waals surface area (Å²) in [6, 6.07) is 5.94. The minimum atomic E-state index is 0.0611. The highest BCUT2D eigenvalue weighted by atomic mass is 32.2. The number of hydrogen-bond acceptors (Lipinski definition) is 4. The minimum absolute atomic E-state index is 0.0611. The molecule has 3 nitrogen and oxygen atoms in total. The molecule has 2 heterocycles. The highest BCUT2D eigenvalue weighted by Crippen LogP contribution is 2.39. The fourth-order valence-corrected chi connectivity index (χ4v) is 4.41. The fourth-order valence-electron chi connectivity index (χ4n) is 3.18. The van der Waals surface area contributed by atoms with E-state index in [2.05, 4.69) is 13.0 Å². The van der Waals surface area contributed by atoms with Gasteiger partial charge >= 0.3 is 0 Å². The molecule has 4 heteroatoms. The van der Waals surface area contributed by atoms with E-state index in [9.17, 15) is 0 Å². The molecule has 0 bridgehead atoms. The molecule has 0 amide bonds. The molecule has 3 rings (SSSR count). The van der Waals surface area contributed by atoms with Gasteiger partial charge in [-0.25, -0.2) is 0 Å². The SMILES string of the molecule is Cc1cccc(N)c1OC1CCOC2(CCSCC2)C1. The number of anilines is 1. The molecule has 1 unspecified atom stereocenters. The lowest BCUT2D eigenvalue weighted by Crippen LogP contribution is -2.46. The minimum Gasteiger partial charge on any atom is -0.488 e. The largest absolute Gasteiger partial charge is 0.488 e. The monoisotopic (exact) mass is 293 g/mol. The first kappa shape index (κ1) is 14.1. The van der Waals surface area contributed by atoms with Gasteiger partial charge in [0, 0.05) is 12.8 Å². The molecule has 20 heavy (non-hydrogen) atoms. The number of hydrogen-bond donors (Lipinski definition) is 1. The Morgan fingerprint density at radius 1 is 1.35 bits per heavy atom. The van der Waals surface area contributed by atoms with Crippen LogP contribution in [0.5, 0.6) is 5.75 Å². The van der Waals surface area contributed by atoms with E-state index in [1.54, 1.807) is 0 Å². The normalized spacial score (nSPS) is 25.6. The van der Waals surface area contributed by atoms with Crippen LogP contribution < -0.4 is 10.5 Å². The van der Waals surface area contributed by atoms with E-state index in [1.807, 2.05) is 23.9 Å². The summed E-state index contributed by atoms with van der Waals surface area (Å²) in [5.74, 6) is 3.28. The number of benzene rings is 1. The number of ether oxygens (including phenoxy) is 2. The average molecular weight is 293 g/mol. The second kappa shape index (κ2) is 5.86. The molecule has 2 aliphatic heterocycles. The Morgan fingerprint density at radius 3 is 2.90 bits per heavy atom. The van der Waals surface area contributed by atoms with Crippen LogP contribution in [0.2, 0.25) is 0 Å². The summed E-state index contributed by atoms with van der Waals surface area (Å²) in [5, 5.41) is 0. The number of rotatable bonds is 2. The summed E-state index contributed by atoms with van der Waals surface area (Å²) in [6.45, 7) is 2.86. The molecule has 1 aromatic rings. The zero-order valence-electron chi connectivity index (χ0n) is 12.1. The molecule has 0 aliphatic carbocycles. The summed E-state index contributed by atoms with van der Waals surface area (Å²) in [5.41, 5.74) is 7.97. The molecule has 0 aromatic heterocycles. The molecule has 0 saturated carbocycles. The van der Waals surface area contributed by atoms with Crippen LogP contribution >= 0.6 is 11.8 Å². The maximum Gasteiger partial charge on any atom is 0.145 e. The standard InChI is InChI=1S/C16H23NO2S/c1-12-3-2-4-14(17)15(12)19-13-5-8-18-16(11-13)6-9-20-10-7-16/h2-4,13H,5-11,17H2,1H3. The predicted molar refractivity (Wildman–Crippen MR) is 84.5 cm³/mol. The number of nitrogens with two attached hydrogens (primary N) is 1. The lowest BCUT2D eigenvalue weighted by atomic mass is 9.86. The molecule has 110 valence electrons. The number of nitrogen functional groups attached to an aromatic ring is 1. The van der Waals surface area contributed by atoms with Gasteiger partial charge in [0.15, 0.2) is 0 Å². The lowest BCUT2D eigenvalue weighted by molar-refractivity contribution is -0.116. The van der Waals surface area contributed by atoms with E-state index >= 15 is 0 Å². The molecule has 0 radical (unpaired) electrons. The molecule has 1 spiro atoms. The number of para-hydroxylation sites is 1. The van der Waals surface area contributed by atoms with E-state index in [1.165, 1.54) is 11.5 Å². The Hall–Kier alpha value is -0.870. The Balaban J connectivity index is 1.71. The van der Waals surface area contributed by atoms with E-state index in [0.717, 1.165) is 49.3 Å². The van der Waals surface area contributed by atoms with Crippen LogP contribution in [0.1, 0.15) is 31.2 Å². The molecule has 1 aromatic carbocycles. The third kappa shape index (κ3) is 2.91. The Labute approximate surface area is 125 Å². The van der Waals surface area contributed by atoms with E-state index in [4.69, 9.17) is 15.2 Å². The topological polar surface area (TPSA) is 44.5 Å². The van der Waals surface area contributed by atoms with Gasteiger partial charge in [-0.05, 0) is 42.9 Å². The average Bonchev–Trinajstić information content (AvgIpc) is 2.44. The maximum absolute atomic E-state index is 6.23. The van der Waals surface area contributed by atoms with Gasteiger partial charge in [0.1, 0.15) is 11.9 Å². The first-order valence-electron chi connectivity index (χ1n) is 7.42. The maximum atomic E-state index is 6.23. The first-order chi connectivity index (χ1) is 9.69. The van der Waals surface area contributed by atoms with Crippen molar-refractivity contribution in [3.63, 3.8) is 0 Å². The van der Waals surface area contributed by atoms with E-state index in [-0.39, 0.29) is 11.7 Å². The van der Waals surface area contributed by atoms with Crippen molar-refractivity contribution >= 4 is 17.4 Å². The molecule has 2 saturated heterocycles. The van der Waals surface area contributed by atoms with Gasteiger partial charge in [-0.3, -0.25) is 0 Å². The van der Waals surface area contributed by atoms with Gasteiger partial charge in [-0.15, -0.1) is 0 Å². The Kier molecular flexibility index (Phi) is 4.13. The molecular weight excluding hydrogens is 270 g/mol. The summed E-state index contributed by atoms with van der Waals surface area (Å²) in [7, 11) is 0.